The molecule has 0 aliphatic carbocycles. The van der Waals surface area contributed by atoms with Gasteiger partial charge in [-0.05, 0) is 35.3 Å². The molecule has 3 aliphatic heterocycles. The third-order valence-electron chi connectivity index (χ3n) is 4.48. The van der Waals surface area contributed by atoms with E-state index >= 15 is 0 Å². The van der Waals surface area contributed by atoms with E-state index in [0.717, 1.165) is 55.1 Å². The van der Waals surface area contributed by atoms with Crippen LogP contribution in [-0.4, -0.2) is 26.3 Å². The first kappa shape index (κ1) is 12.0. The monoisotopic (exact) mass is 323 g/mol. The highest BCUT2D eigenvalue weighted by Crippen LogP contribution is 2.50. The molecule has 102 valence electrons. The van der Waals surface area contributed by atoms with Gasteiger partial charge in [0.1, 0.15) is 11.5 Å². The van der Waals surface area contributed by atoms with Crippen LogP contribution < -0.4 is 14.8 Å². The van der Waals surface area contributed by atoms with Crippen LogP contribution in [-0.2, 0) is 12.8 Å². The van der Waals surface area contributed by atoms with Crippen LogP contribution in [0.5, 0.6) is 11.5 Å². The average Bonchev–Trinajstić information content (AvgIpc) is 3.09. The fourth-order valence-electron chi connectivity index (χ4n) is 3.62. The van der Waals surface area contributed by atoms with E-state index in [-0.39, 0.29) is 0 Å². The summed E-state index contributed by atoms with van der Waals surface area (Å²) >= 11 is 3.72. The van der Waals surface area contributed by atoms with Crippen molar-refractivity contribution in [3.8, 4) is 11.5 Å². The minimum Gasteiger partial charge on any atom is -0.493 e. The third-order valence-corrected chi connectivity index (χ3v) is 5.32. The summed E-state index contributed by atoms with van der Waals surface area (Å²) < 4.78 is 13.0. The lowest BCUT2D eigenvalue weighted by atomic mass is 9.85. The molecular weight excluding hydrogens is 306 g/mol. The Balaban J connectivity index is 1.89. The molecule has 3 heterocycles. The quantitative estimate of drug-likeness (QED) is 0.862. The first-order valence-electron chi connectivity index (χ1n) is 7.19. The highest BCUT2D eigenvalue weighted by atomic mass is 79.9. The van der Waals surface area contributed by atoms with Gasteiger partial charge in [-0.15, -0.1) is 0 Å². The second kappa shape index (κ2) is 4.67. The maximum atomic E-state index is 5.98. The van der Waals surface area contributed by atoms with E-state index < -0.39 is 0 Å². The number of halogens is 1. The van der Waals surface area contributed by atoms with E-state index in [0.29, 0.717) is 5.92 Å². The maximum absolute atomic E-state index is 5.98. The lowest BCUT2D eigenvalue weighted by Gasteiger charge is -2.27. The zero-order chi connectivity index (χ0) is 12.8. The molecule has 4 rings (SSSR count). The molecule has 3 aliphatic rings. The van der Waals surface area contributed by atoms with Crippen LogP contribution in [0, 0.1) is 0 Å². The molecule has 1 aromatic carbocycles. The van der Waals surface area contributed by atoms with Gasteiger partial charge < -0.3 is 14.8 Å². The van der Waals surface area contributed by atoms with Crippen molar-refractivity contribution >= 4 is 15.9 Å². The molecule has 0 aromatic heterocycles. The Morgan fingerprint density at radius 3 is 2.63 bits per heavy atom. The van der Waals surface area contributed by atoms with Crippen molar-refractivity contribution in [2.75, 3.05) is 26.3 Å². The fraction of sp³-hybridized carbons (Fsp3) is 0.600. The Labute approximate surface area is 121 Å². The van der Waals surface area contributed by atoms with E-state index in [1.165, 1.54) is 29.5 Å². The van der Waals surface area contributed by atoms with Gasteiger partial charge in [0, 0.05) is 42.0 Å². The minimum absolute atomic E-state index is 0.587. The Kier molecular flexibility index (Phi) is 2.96. The molecular formula is C15H18BrNO2. The van der Waals surface area contributed by atoms with Crippen molar-refractivity contribution in [1.29, 1.82) is 0 Å². The predicted molar refractivity (Wildman–Crippen MR) is 77.4 cm³/mol. The minimum atomic E-state index is 0.587. The zero-order valence-electron chi connectivity index (χ0n) is 10.9. The third kappa shape index (κ3) is 1.80. The lowest BCUT2D eigenvalue weighted by Crippen LogP contribution is -2.29. The summed E-state index contributed by atoms with van der Waals surface area (Å²) in [4.78, 5) is 0. The van der Waals surface area contributed by atoms with Gasteiger partial charge >= 0.3 is 0 Å². The van der Waals surface area contributed by atoms with Gasteiger partial charge in [-0.2, -0.15) is 0 Å². The van der Waals surface area contributed by atoms with Gasteiger partial charge in [0.05, 0.1) is 17.7 Å². The van der Waals surface area contributed by atoms with Crippen LogP contribution in [0.15, 0.2) is 4.47 Å². The first-order chi connectivity index (χ1) is 9.36. The van der Waals surface area contributed by atoms with Gasteiger partial charge in [0.2, 0.25) is 0 Å². The molecule has 0 saturated carbocycles. The molecule has 3 nitrogen and oxygen atoms in total. The largest absolute Gasteiger partial charge is 0.493 e. The SMILES string of the molecule is Brc1c2c(c(C3CCCNC3)c3c1OCC3)OCC2. The number of fused-ring (bicyclic) bond motifs is 2. The number of hydrogen-bond acceptors (Lipinski definition) is 3. The molecule has 19 heavy (non-hydrogen) atoms. The van der Waals surface area contributed by atoms with E-state index in [9.17, 15) is 0 Å². The Hall–Kier alpha value is -0.740. The van der Waals surface area contributed by atoms with Gasteiger partial charge in [-0.1, -0.05) is 0 Å². The summed E-state index contributed by atoms with van der Waals surface area (Å²) in [5.74, 6) is 2.83. The number of ether oxygens (including phenoxy) is 2. The van der Waals surface area contributed by atoms with Crippen molar-refractivity contribution < 1.29 is 9.47 Å². The average molecular weight is 324 g/mol. The van der Waals surface area contributed by atoms with Crippen LogP contribution in [0.1, 0.15) is 35.4 Å². The van der Waals surface area contributed by atoms with E-state index in [4.69, 9.17) is 9.47 Å². The van der Waals surface area contributed by atoms with E-state index in [1.807, 2.05) is 0 Å². The number of nitrogens with one attached hydrogen (secondary N) is 1. The number of piperidine rings is 1. The summed E-state index contributed by atoms with van der Waals surface area (Å²) in [6, 6.07) is 0. The van der Waals surface area contributed by atoms with Crippen molar-refractivity contribution in [1.82, 2.24) is 5.32 Å². The summed E-state index contributed by atoms with van der Waals surface area (Å²) in [5.41, 5.74) is 4.15. The fourth-order valence-corrected chi connectivity index (χ4v) is 4.35. The molecule has 1 unspecified atom stereocenters. The van der Waals surface area contributed by atoms with Crippen LogP contribution >= 0.6 is 15.9 Å². The predicted octanol–water partition coefficient (Wildman–Crippen LogP) is 2.79. The standard InChI is InChI=1S/C15H18BrNO2/c16-13-11-4-7-18-14(11)12(9-2-1-5-17-8-9)10-3-6-19-15(10)13/h9,17H,1-8H2. The lowest BCUT2D eigenvalue weighted by molar-refractivity contribution is 0.345. The number of benzene rings is 1. The van der Waals surface area contributed by atoms with Gasteiger partial charge in [0.25, 0.3) is 0 Å². The molecule has 0 amide bonds. The second-order valence-electron chi connectivity index (χ2n) is 5.58. The van der Waals surface area contributed by atoms with Crippen LogP contribution in [0.25, 0.3) is 0 Å². The van der Waals surface area contributed by atoms with Gasteiger partial charge in [-0.25, -0.2) is 0 Å². The van der Waals surface area contributed by atoms with Crippen LogP contribution in [0.4, 0.5) is 0 Å². The van der Waals surface area contributed by atoms with Crippen molar-refractivity contribution in [2.45, 2.75) is 31.6 Å². The van der Waals surface area contributed by atoms with Crippen molar-refractivity contribution in [2.24, 2.45) is 0 Å². The molecule has 0 spiro atoms. The smallest absolute Gasteiger partial charge is 0.137 e. The van der Waals surface area contributed by atoms with Crippen molar-refractivity contribution in [3.63, 3.8) is 0 Å². The van der Waals surface area contributed by atoms with Crippen LogP contribution in [0.2, 0.25) is 0 Å². The summed E-state index contributed by atoms with van der Waals surface area (Å²) in [6.45, 7) is 3.84. The molecule has 1 aromatic rings. The molecule has 1 atom stereocenters. The molecule has 0 radical (unpaired) electrons. The topological polar surface area (TPSA) is 30.5 Å². The summed E-state index contributed by atoms with van der Waals surface area (Å²) in [5, 5.41) is 3.52. The number of rotatable bonds is 1. The molecule has 1 fully saturated rings. The zero-order valence-corrected chi connectivity index (χ0v) is 12.5. The Morgan fingerprint density at radius 2 is 1.84 bits per heavy atom. The second-order valence-corrected chi connectivity index (χ2v) is 6.38. The normalized spacial score (nSPS) is 24.6. The molecule has 1 saturated heterocycles. The molecule has 1 N–H and O–H groups in total. The Bertz CT molecular complexity index is 488. The van der Waals surface area contributed by atoms with E-state index in [1.54, 1.807) is 0 Å². The van der Waals surface area contributed by atoms with Gasteiger partial charge in [0.15, 0.2) is 0 Å². The number of hydrogen-bond donors (Lipinski definition) is 1. The van der Waals surface area contributed by atoms with E-state index in [2.05, 4.69) is 21.2 Å². The summed E-state index contributed by atoms with van der Waals surface area (Å²) in [7, 11) is 0. The Morgan fingerprint density at radius 1 is 1.05 bits per heavy atom. The highest BCUT2D eigenvalue weighted by Gasteiger charge is 2.34. The van der Waals surface area contributed by atoms with Gasteiger partial charge in [-0.3, -0.25) is 0 Å². The van der Waals surface area contributed by atoms with Crippen LogP contribution in [0.3, 0.4) is 0 Å². The summed E-state index contributed by atoms with van der Waals surface area (Å²) in [6.07, 6.45) is 4.54. The molecule has 4 heteroatoms. The first-order valence-corrected chi connectivity index (χ1v) is 7.99. The molecule has 0 bridgehead atoms. The van der Waals surface area contributed by atoms with Crippen molar-refractivity contribution in [3.05, 3.63) is 21.2 Å². The highest BCUT2D eigenvalue weighted by molar-refractivity contribution is 9.10. The maximum Gasteiger partial charge on any atom is 0.137 e.